The third-order valence-corrected chi connectivity index (χ3v) is 3.06. The fourth-order valence-electron chi connectivity index (χ4n) is 1.65. The van der Waals surface area contributed by atoms with Crippen molar-refractivity contribution in [2.75, 3.05) is 10.6 Å². The average Bonchev–Trinajstić information content (AvgIpc) is 2.56. The highest BCUT2D eigenvalue weighted by molar-refractivity contribution is 6.34. The molecule has 2 N–H and O–H groups in total. The summed E-state index contributed by atoms with van der Waals surface area (Å²) >= 11 is 6.08. The number of hydrogen-bond acceptors (Lipinski definition) is 2. The Balaban J connectivity index is 2.28. The predicted octanol–water partition coefficient (Wildman–Crippen LogP) is 2.82. The van der Waals surface area contributed by atoms with Gasteiger partial charge in [-0.25, -0.2) is 0 Å². The number of rotatable bonds is 1. The van der Waals surface area contributed by atoms with Crippen molar-refractivity contribution in [3.63, 3.8) is 0 Å². The maximum Gasteiger partial charge on any atom is 0.229 e. The molecule has 0 radical (unpaired) electrons. The van der Waals surface area contributed by atoms with Crippen LogP contribution in [0.2, 0.25) is 5.02 Å². The molecule has 2 amide bonds. The molecule has 0 bridgehead atoms. The molecule has 2 rings (SSSR count). The van der Waals surface area contributed by atoms with Gasteiger partial charge in [-0.15, -0.1) is 0 Å². The topological polar surface area (TPSA) is 58.2 Å². The van der Waals surface area contributed by atoms with E-state index in [1.807, 2.05) is 20.8 Å². The smallest absolute Gasteiger partial charge is 0.229 e. The van der Waals surface area contributed by atoms with E-state index in [1.54, 1.807) is 12.1 Å². The predicted molar refractivity (Wildman–Crippen MR) is 71.9 cm³/mol. The number of carbonyl (C=O) groups excluding carboxylic acids is 2. The molecule has 0 fully saturated rings. The number of benzene rings is 1. The third-order valence-electron chi connectivity index (χ3n) is 2.75. The zero-order chi connectivity index (χ0) is 13.5. The summed E-state index contributed by atoms with van der Waals surface area (Å²) < 4.78 is 0. The molecular weight excluding hydrogens is 252 g/mol. The van der Waals surface area contributed by atoms with E-state index in [4.69, 9.17) is 11.6 Å². The van der Waals surface area contributed by atoms with Gasteiger partial charge < -0.3 is 10.6 Å². The molecule has 0 spiro atoms. The lowest BCUT2D eigenvalue weighted by Crippen LogP contribution is -2.27. The Morgan fingerprint density at radius 1 is 1.39 bits per heavy atom. The van der Waals surface area contributed by atoms with Gasteiger partial charge in [0.25, 0.3) is 0 Å². The zero-order valence-electron chi connectivity index (χ0n) is 10.6. The quantitative estimate of drug-likeness (QED) is 0.821. The van der Waals surface area contributed by atoms with Crippen molar-refractivity contribution in [2.24, 2.45) is 5.41 Å². The highest BCUT2D eigenvalue weighted by atomic mass is 35.5. The van der Waals surface area contributed by atoms with Gasteiger partial charge in [0.1, 0.15) is 0 Å². The van der Waals surface area contributed by atoms with Crippen LogP contribution in [0, 0.1) is 5.41 Å². The van der Waals surface area contributed by atoms with Crippen molar-refractivity contribution < 1.29 is 9.59 Å². The second-order valence-corrected chi connectivity index (χ2v) is 5.83. The van der Waals surface area contributed by atoms with Gasteiger partial charge in [0, 0.05) is 11.1 Å². The van der Waals surface area contributed by atoms with Crippen LogP contribution in [0.1, 0.15) is 26.3 Å². The molecule has 0 aliphatic carbocycles. The molecule has 0 aromatic heterocycles. The molecule has 0 saturated carbocycles. The van der Waals surface area contributed by atoms with Crippen molar-refractivity contribution in [3.05, 3.63) is 22.7 Å². The summed E-state index contributed by atoms with van der Waals surface area (Å²) in [6.07, 6.45) is 0.324. The Kier molecular flexibility index (Phi) is 3.07. The molecule has 18 heavy (non-hydrogen) atoms. The number of carbonyl (C=O) groups is 2. The molecule has 1 aliphatic heterocycles. The van der Waals surface area contributed by atoms with E-state index in [-0.39, 0.29) is 11.8 Å². The summed E-state index contributed by atoms with van der Waals surface area (Å²) in [7, 11) is 0. The fourth-order valence-corrected chi connectivity index (χ4v) is 1.86. The van der Waals surface area contributed by atoms with Crippen LogP contribution in [-0.2, 0) is 16.0 Å². The van der Waals surface area contributed by atoms with Crippen LogP contribution < -0.4 is 10.6 Å². The summed E-state index contributed by atoms with van der Waals surface area (Å²) in [4.78, 5) is 23.2. The monoisotopic (exact) mass is 266 g/mol. The number of fused-ring (bicyclic) bond motifs is 1. The molecule has 5 heteroatoms. The van der Waals surface area contributed by atoms with Crippen LogP contribution >= 0.6 is 11.6 Å². The zero-order valence-corrected chi connectivity index (χ0v) is 11.3. The van der Waals surface area contributed by atoms with Crippen molar-refractivity contribution in [2.45, 2.75) is 27.2 Å². The lowest BCUT2D eigenvalue weighted by atomic mass is 9.95. The second kappa shape index (κ2) is 4.28. The number of nitrogens with one attached hydrogen (secondary N) is 2. The summed E-state index contributed by atoms with van der Waals surface area (Å²) in [5, 5.41) is 5.92. The van der Waals surface area contributed by atoms with Crippen molar-refractivity contribution in [3.8, 4) is 0 Å². The highest BCUT2D eigenvalue weighted by Crippen LogP contribution is 2.33. The van der Waals surface area contributed by atoms with Gasteiger partial charge in [-0.1, -0.05) is 32.4 Å². The van der Waals surface area contributed by atoms with Crippen LogP contribution in [-0.4, -0.2) is 11.8 Å². The molecule has 0 atom stereocenters. The first-order valence-electron chi connectivity index (χ1n) is 5.71. The summed E-state index contributed by atoms with van der Waals surface area (Å²) in [6, 6.07) is 3.42. The minimum absolute atomic E-state index is 0.0552. The average molecular weight is 267 g/mol. The van der Waals surface area contributed by atoms with Gasteiger partial charge >= 0.3 is 0 Å². The van der Waals surface area contributed by atoms with Crippen molar-refractivity contribution in [1.29, 1.82) is 0 Å². The van der Waals surface area contributed by atoms with Gasteiger partial charge in [-0.05, 0) is 17.7 Å². The molecule has 96 valence electrons. The van der Waals surface area contributed by atoms with Gasteiger partial charge in [-0.2, -0.15) is 0 Å². The van der Waals surface area contributed by atoms with Gasteiger partial charge in [0.05, 0.1) is 17.1 Å². The molecule has 1 aliphatic rings. The van der Waals surface area contributed by atoms with E-state index < -0.39 is 5.41 Å². The normalized spacial score (nSPS) is 14.1. The Hall–Kier alpha value is -1.55. The number of anilines is 2. The van der Waals surface area contributed by atoms with Crippen LogP contribution in [0.15, 0.2) is 12.1 Å². The lowest BCUT2D eigenvalue weighted by Gasteiger charge is -2.18. The first kappa shape index (κ1) is 12.9. The molecule has 1 aromatic carbocycles. The Labute approximate surface area is 111 Å². The van der Waals surface area contributed by atoms with Crippen LogP contribution in [0.3, 0.4) is 0 Å². The molecule has 0 unspecified atom stereocenters. The van der Waals surface area contributed by atoms with Crippen LogP contribution in [0.5, 0.6) is 0 Å². The molecule has 4 nitrogen and oxygen atoms in total. The first-order chi connectivity index (χ1) is 8.27. The highest BCUT2D eigenvalue weighted by Gasteiger charge is 2.24. The standard InChI is InChI=1S/C13H15ClN2O2/c1-13(2,3)12(18)16-10-4-7-5-11(17)15-9(7)6-8(10)14/h4,6H,5H2,1-3H3,(H,15,17)(H,16,18). The minimum Gasteiger partial charge on any atom is -0.325 e. The maximum atomic E-state index is 11.9. The van der Waals surface area contributed by atoms with E-state index in [9.17, 15) is 9.59 Å². The Bertz CT molecular complexity index is 533. The number of amides is 2. The molecule has 1 aromatic rings. The van der Waals surface area contributed by atoms with E-state index in [0.717, 1.165) is 11.3 Å². The summed E-state index contributed by atoms with van der Waals surface area (Å²) in [6.45, 7) is 5.48. The van der Waals surface area contributed by atoms with E-state index in [0.29, 0.717) is 17.1 Å². The van der Waals surface area contributed by atoms with Gasteiger partial charge in [0.15, 0.2) is 0 Å². The second-order valence-electron chi connectivity index (χ2n) is 5.42. The van der Waals surface area contributed by atoms with Crippen LogP contribution in [0.4, 0.5) is 11.4 Å². The Morgan fingerprint density at radius 2 is 2.06 bits per heavy atom. The SMILES string of the molecule is CC(C)(C)C(=O)Nc1cc2c(cc1Cl)NC(=O)C2. The van der Waals surface area contributed by atoms with E-state index >= 15 is 0 Å². The number of hydrogen-bond donors (Lipinski definition) is 2. The minimum atomic E-state index is -0.490. The summed E-state index contributed by atoms with van der Waals surface area (Å²) in [5.41, 5.74) is 1.63. The van der Waals surface area contributed by atoms with Crippen molar-refractivity contribution >= 4 is 34.8 Å². The fraction of sp³-hybridized carbons (Fsp3) is 0.385. The Morgan fingerprint density at radius 3 is 2.67 bits per heavy atom. The lowest BCUT2D eigenvalue weighted by molar-refractivity contribution is -0.123. The molecular formula is C13H15ClN2O2. The maximum absolute atomic E-state index is 11.9. The van der Waals surface area contributed by atoms with Crippen molar-refractivity contribution in [1.82, 2.24) is 0 Å². The largest absolute Gasteiger partial charge is 0.325 e. The molecule has 1 heterocycles. The third kappa shape index (κ3) is 2.48. The van der Waals surface area contributed by atoms with Crippen LogP contribution in [0.25, 0.3) is 0 Å². The number of halogens is 1. The molecule has 0 saturated heterocycles. The van der Waals surface area contributed by atoms with Gasteiger partial charge in [0.2, 0.25) is 11.8 Å². The van der Waals surface area contributed by atoms with E-state index in [1.165, 1.54) is 0 Å². The summed E-state index contributed by atoms with van der Waals surface area (Å²) in [5.74, 6) is -0.165. The van der Waals surface area contributed by atoms with Gasteiger partial charge in [-0.3, -0.25) is 9.59 Å². The first-order valence-corrected chi connectivity index (χ1v) is 6.09. The van der Waals surface area contributed by atoms with E-state index in [2.05, 4.69) is 10.6 Å².